The first-order valence-corrected chi connectivity index (χ1v) is 10.8. The average Bonchev–Trinajstić information content (AvgIpc) is 2.82. The minimum Gasteiger partial charge on any atom is -0.388 e. The molecule has 1 N–H and O–H groups in total. The smallest absolute Gasteiger partial charge is 0.242 e. The van der Waals surface area contributed by atoms with Crippen molar-refractivity contribution in [2.24, 2.45) is 0 Å². The van der Waals surface area contributed by atoms with Crippen molar-refractivity contribution in [3.05, 3.63) is 65.4 Å². The molecule has 1 amide bonds. The SMILES string of the molecule is CNc1ccc2cc(N3CCN(C4CCc5cc(C#N)ccc5C4)CC3=O)ncc2c1. The second kappa shape index (κ2) is 8.01. The second-order valence-electron chi connectivity index (χ2n) is 8.36. The van der Waals surface area contributed by atoms with E-state index in [1.54, 1.807) is 0 Å². The van der Waals surface area contributed by atoms with Crippen molar-refractivity contribution < 1.29 is 4.79 Å². The van der Waals surface area contributed by atoms with Crippen LogP contribution in [0.3, 0.4) is 0 Å². The predicted octanol–water partition coefficient (Wildman–Crippen LogP) is 3.35. The van der Waals surface area contributed by atoms with Crippen LogP contribution in [-0.2, 0) is 17.6 Å². The molecule has 0 radical (unpaired) electrons. The van der Waals surface area contributed by atoms with Crippen LogP contribution in [0.2, 0.25) is 0 Å². The molecule has 1 saturated heterocycles. The highest BCUT2D eigenvalue weighted by molar-refractivity contribution is 5.97. The summed E-state index contributed by atoms with van der Waals surface area (Å²) in [5.74, 6) is 0.836. The molecule has 3 aromatic rings. The van der Waals surface area contributed by atoms with E-state index in [2.05, 4.69) is 39.5 Å². The third-order valence-corrected chi connectivity index (χ3v) is 6.58. The number of nitrogens with zero attached hydrogens (tertiary/aromatic N) is 4. The highest BCUT2D eigenvalue weighted by Crippen LogP contribution is 2.28. The van der Waals surface area contributed by atoms with Gasteiger partial charge in [-0.15, -0.1) is 0 Å². The van der Waals surface area contributed by atoms with E-state index in [-0.39, 0.29) is 5.91 Å². The number of piperazine rings is 1. The zero-order chi connectivity index (χ0) is 21.4. The van der Waals surface area contributed by atoms with Crippen molar-refractivity contribution in [3.8, 4) is 6.07 Å². The molecule has 31 heavy (non-hydrogen) atoms. The number of nitriles is 1. The van der Waals surface area contributed by atoms with Crippen molar-refractivity contribution >= 4 is 28.2 Å². The summed E-state index contributed by atoms with van der Waals surface area (Å²) < 4.78 is 0. The highest BCUT2D eigenvalue weighted by Gasteiger charge is 2.32. The van der Waals surface area contributed by atoms with E-state index in [9.17, 15) is 4.79 Å². The van der Waals surface area contributed by atoms with Crippen LogP contribution in [0.4, 0.5) is 11.5 Å². The normalized spacial score (nSPS) is 19.2. The van der Waals surface area contributed by atoms with Gasteiger partial charge in [0, 0.05) is 43.4 Å². The molecule has 2 heterocycles. The fourth-order valence-electron chi connectivity index (χ4n) is 4.80. The number of aryl methyl sites for hydroxylation is 1. The van der Waals surface area contributed by atoms with E-state index in [1.165, 1.54) is 11.1 Å². The lowest BCUT2D eigenvalue weighted by Crippen LogP contribution is -2.55. The Bertz CT molecular complexity index is 1200. The molecule has 1 aromatic heterocycles. The summed E-state index contributed by atoms with van der Waals surface area (Å²) in [6.07, 6.45) is 4.77. The van der Waals surface area contributed by atoms with Gasteiger partial charge in [-0.2, -0.15) is 5.26 Å². The summed E-state index contributed by atoms with van der Waals surface area (Å²) in [6, 6.07) is 16.7. The van der Waals surface area contributed by atoms with Gasteiger partial charge >= 0.3 is 0 Å². The number of carbonyl (C=O) groups is 1. The molecule has 1 aliphatic carbocycles. The number of amides is 1. The number of pyridine rings is 1. The molecule has 5 rings (SSSR count). The monoisotopic (exact) mass is 411 g/mol. The van der Waals surface area contributed by atoms with E-state index in [1.807, 2.05) is 42.4 Å². The summed E-state index contributed by atoms with van der Waals surface area (Å²) in [5, 5.41) is 14.4. The Kier molecular flexibility index (Phi) is 5.05. The molecule has 1 aliphatic heterocycles. The van der Waals surface area contributed by atoms with E-state index >= 15 is 0 Å². The number of nitrogens with one attached hydrogen (secondary N) is 1. The standard InChI is InChI=1S/C25H25N5O/c1-27-22-6-4-20-13-24(28-15-21(20)11-22)30-9-8-29(16-25(30)31)23-7-5-18-10-17(14-26)2-3-19(18)12-23/h2-4,6,10-11,13,15,23,27H,5,7-9,12,16H2,1H3. The highest BCUT2D eigenvalue weighted by atomic mass is 16.2. The lowest BCUT2D eigenvalue weighted by Gasteiger charge is -2.40. The predicted molar refractivity (Wildman–Crippen MR) is 122 cm³/mol. The molecule has 1 unspecified atom stereocenters. The van der Waals surface area contributed by atoms with Gasteiger partial charge in [-0.05, 0) is 66.1 Å². The number of hydrogen-bond acceptors (Lipinski definition) is 5. The fraction of sp³-hybridized carbons (Fsp3) is 0.320. The van der Waals surface area contributed by atoms with Crippen molar-refractivity contribution in [2.45, 2.75) is 25.3 Å². The van der Waals surface area contributed by atoms with Gasteiger partial charge in [0.05, 0.1) is 18.2 Å². The fourth-order valence-corrected chi connectivity index (χ4v) is 4.80. The molecular weight excluding hydrogens is 386 g/mol. The Balaban J connectivity index is 1.29. The Labute approximate surface area is 182 Å². The Morgan fingerprint density at radius 3 is 2.81 bits per heavy atom. The Morgan fingerprint density at radius 2 is 2.00 bits per heavy atom. The van der Waals surface area contributed by atoms with Gasteiger partial charge in [0.15, 0.2) is 0 Å². The van der Waals surface area contributed by atoms with Crippen molar-refractivity contribution in [1.82, 2.24) is 9.88 Å². The number of anilines is 2. The van der Waals surface area contributed by atoms with Crippen LogP contribution in [0.5, 0.6) is 0 Å². The number of carbonyl (C=O) groups excluding carboxylic acids is 1. The van der Waals surface area contributed by atoms with Crippen LogP contribution >= 0.6 is 0 Å². The van der Waals surface area contributed by atoms with Crippen molar-refractivity contribution in [2.75, 3.05) is 36.9 Å². The van der Waals surface area contributed by atoms with Crippen LogP contribution in [0.25, 0.3) is 10.8 Å². The van der Waals surface area contributed by atoms with Crippen LogP contribution in [0.15, 0.2) is 48.7 Å². The zero-order valence-electron chi connectivity index (χ0n) is 17.6. The van der Waals surface area contributed by atoms with Gasteiger partial charge in [0.25, 0.3) is 0 Å². The summed E-state index contributed by atoms with van der Waals surface area (Å²) in [5.41, 5.74) is 4.36. The Hall–Kier alpha value is -3.43. The lowest BCUT2D eigenvalue weighted by atomic mass is 9.86. The van der Waals surface area contributed by atoms with Gasteiger partial charge in [0.1, 0.15) is 5.82 Å². The second-order valence-corrected chi connectivity index (χ2v) is 8.36. The van der Waals surface area contributed by atoms with Gasteiger partial charge in [-0.3, -0.25) is 14.6 Å². The molecule has 6 heteroatoms. The molecule has 0 spiro atoms. The van der Waals surface area contributed by atoms with Gasteiger partial charge in [-0.25, -0.2) is 4.98 Å². The first-order chi connectivity index (χ1) is 15.1. The van der Waals surface area contributed by atoms with Crippen LogP contribution in [0.1, 0.15) is 23.1 Å². The quantitative estimate of drug-likeness (QED) is 0.716. The van der Waals surface area contributed by atoms with Crippen LogP contribution in [-0.4, -0.2) is 48.5 Å². The molecule has 1 fully saturated rings. The van der Waals surface area contributed by atoms with Gasteiger partial charge in [-0.1, -0.05) is 12.1 Å². The Morgan fingerprint density at radius 1 is 1.10 bits per heavy atom. The van der Waals surface area contributed by atoms with E-state index in [0.717, 1.165) is 53.6 Å². The number of benzene rings is 2. The van der Waals surface area contributed by atoms with E-state index in [0.29, 0.717) is 19.1 Å². The third kappa shape index (κ3) is 3.73. The van der Waals surface area contributed by atoms with Crippen LogP contribution in [0, 0.1) is 11.3 Å². The lowest BCUT2D eigenvalue weighted by molar-refractivity contribution is -0.122. The van der Waals surface area contributed by atoms with Crippen LogP contribution < -0.4 is 10.2 Å². The number of rotatable bonds is 3. The minimum atomic E-state index is 0.107. The molecule has 1 atom stereocenters. The maximum Gasteiger partial charge on any atom is 0.242 e. The van der Waals surface area contributed by atoms with Gasteiger partial charge in [0.2, 0.25) is 5.91 Å². The molecule has 2 aliphatic rings. The number of fused-ring (bicyclic) bond motifs is 2. The topological polar surface area (TPSA) is 72.3 Å². The van der Waals surface area contributed by atoms with Crippen molar-refractivity contribution in [3.63, 3.8) is 0 Å². The van der Waals surface area contributed by atoms with E-state index < -0.39 is 0 Å². The minimum absolute atomic E-state index is 0.107. The summed E-state index contributed by atoms with van der Waals surface area (Å²) >= 11 is 0. The molecule has 2 aromatic carbocycles. The summed E-state index contributed by atoms with van der Waals surface area (Å²) in [4.78, 5) is 21.7. The maximum atomic E-state index is 13.0. The molecular formula is C25H25N5O. The molecule has 156 valence electrons. The zero-order valence-corrected chi connectivity index (χ0v) is 17.6. The molecule has 0 saturated carbocycles. The summed E-state index contributed by atoms with van der Waals surface area (Å²) in [6.45, 7) is 1.93. The maximum absolute atomic E-state index is 13.0. The summed E-state index contributed by atoms with van der Waals surface area (Å²) in [7, 11) is 1.90. The van der Waals surface area contributed by atoms with Gasteiger partial charge < -0.3 is 5.32 Å². The largest absolute Gasteiger partial charge is 0.388 e. The van der Waals surface area contributed by atoms with E-state index in [4.69, 9.17) is 5.26 Å². The average molecular weight is 412 g/mol. The first-order valence-electron chi connectivity index (χ1n) is 10.8. The number of hydrogen-bond donors (Lipinski definition) is 1. The number of aromatic nitrogens is 1. The third-order valence-electron chi connectivity index (χ3n) is 6.58. The molecule has 6 nitrogen and oxygen atoms in total. The van der Waals surface area contributed by atoms with Crippen molar-refractivity contribution in [1.29, 1.82) is 5.26 Å². The molecule has 0 bridgehead atoms. The first kappa shape index (κ1) is 19.5.